The number of nitrogens with zero attached hydrogens (tertiary/aromatic N) is 2. The van der Waals surface area contributed by atoms with Gasteiger partial charge < -0.3 is 9.88 Å². The van der Waals surface area contributed by atoms with Crippen LogP contribution in [0.15, 0.2) is 43.0 Å². The lowest BCUT2D eigenvalue weighted by Gasteiger charge is -2.05. The molecule has 3 heterocycles. The lowest BCUT2D eigenvalue weighted by Crippen LogP contribution is -2.21. The van der Waals surface area contributed by atoms with Crippen LogP contribution in [0.5, 0.6) is 0 Å². The van der Waals surface area contributed by atoms with Gasteiger partial charge in [0.25, 0.3) is 5.91 Å². The number of nitrogens with one attached hydrogen (secondary N) is 1. The smallest absolute Gasteiger partial charge is 0.261 e. The summed E-state index contributed by atoms with van der Waals surface area (Å²) in [6.07, 6.45) is 7.65. The molecule has 21 heavy (non-hydrogen) atoms. The van der Waals surface area contributed by atoms with Crippen molar-refractivity contribution in [2.45, 2.75) is 26.4 Å². The first kappa shape index (κ1) is 13.8. The zero-order valence-corrected chi connectivity index (χ0v) is 12.9. The summed E-state index contributed by atoms with van der Waals surface area (Å²) < 4.78 is 3.32. The first-order chi connectivity index (χ1) is 10.1. The summed E-state index contributed by atoms with van der Waals surface area (Å²) in [5, 5.41) is 4.07. The molecule has 3 rings (SSSR count). The van der Waals surface area contributed by atoms with E-state index < -0.39 is 0 Å². The summed E-state index contributed by atoms with van der Waals surface area (Å²) in [6, 6.07) is 6.20. The third kappa shape index (κ3) is 2.97. The fourth-order valence-corrected chi connectivity index (χ4v) is 3.13. The summed E-state index contributed by atoms with van der Waals surface area (Å²) in [6.45, 7) is 4.81. The highest BCUT2D eigenvalue weighted by Crippen LogP contribution is 2.28. The maximum Gasteiger partial charge on any atom is 0.261 e. The van der Waals surface area contributed by atoms with Gasteiger partial charge in [0.1, 0.15) is 0 Å². The van der Waals surface area contributed by atoms with Gasteiger partial charge in [-0.05, 0) is 37.6 Å². The number of carbonyl (C=O) groups excluding carboxylic acids is 1. The zero-order chi connectivity index (χ0) is 14.8. The molecule has 0 aliphatic carbocycles. The molecule has 0 unspecified atom stereocenters. The molecule has 5 heteroatoms. The molecular weight excluding hydrogens is 282 g/mol. The van der Waals surface area contributed by atoms with Gasteiger partial charge in [-0.25, -0.2) is 0 Å². The van der Waals surface area contributed by atoms with E-state index in [-0.39, 0.29) is 5.91 Å². The van der Waals surface area contributed by atoms with Crippen molar-refractivity contribution in [1.29, 1.82) is 0 Å². The number of amides is 1. The van der Waals surface area contributed by atoms with Crippen molar-refractivity contribution < 1.29 is 4.79 Å². The Kier molecular flexibility index (Phi) is 3.75. The van der Waals surface area contributed by atoms with Crippen LogP contribution >= 0.6 is 11.3 Å². The van der Waals surface area contributed by atoms with Crippen LogP contribution in [0.4, 0.5) is 0 Å². The first-order valence-electron chi connectivity index (χ1n) is 6.91. The molecule has 0 aliphatic heterocycles. The SMILES string of the molecule is CC(C)n1cc2cc(C(=O)NCc3ccncc3)sc2c1. The number of hydrogen-bond donors (Lipinski definition) is 1. The van der Waals surface area contributed by atoms with Gasteiger partial charge in [-0.2, -0.15) is 0 Å². The van der Waals surface area contributed by atoms with Crippen LogP contribution < -0.4 is 5.32 Å². The van der Waals surface area contributed by atoms with E-state index in [0.29, 0.717) is 12.6 Å². The number of rotatable bonds is 4. The Morgan fingerprint density at radius 1 is 1.33 bits per heavy atom. The number of pyridine rings is 1. The molecular formula is C16H17N3OS. The second-order valence-electron chi connectivity index (χ2n) is 5.27. The number of thiophene rings is 1. The van der Waals surface area contributed by atoms with E-state index in [9.17, 15) is 4.79 Å². The molecule has 0 spiro atoms. The summed E-state index contributed by atoms with van der Waals surface area (Å²) >= 11 is 1.53. The number of hydrogen-bond acceptors (Lipinski definition) is 3. The molecule has 0 radical (unpaired) electrons. The predicted octanol–water partition coefficient (Wildman–Crippen LogP) is 3.61. The maximum atomic E-state index is 12.2. The van der Waals surface area contributed by atoms with E-state index in [1.165, 1.54) is 11.3 Å². The Labute approximate surface area is 127 Å². The van der Waals surface area contributed by atoms with Crippen molar-refractivity contribution in [3.8, 4) is 0 Å². The van der Waals surface area contributed by atoms with Crippen molar-refractivity contribution in [2.24, 2.45) is 0 Å². The number of carbonyl (C=O) groups is 1. The molecule has 0 bridgehead atoms. The van der Waals surface area contributed by atoms with Gasteiger partial charge in [-0.15, -0.1) is 11.3 Å². The van der Waals surface area contributed by atoms with Crippen LogP contribution in [0, 0.1) is 0 Å². The third-order valence-electron chi connectivity index (χ3n) is 3.37. The minimum atomic E-state index is -0.0240. The molecule has 108 valence electrons. The fourth-order valence-electron chi connectivity index (χ4n) is 2.13. The van der Waals surface area contributed by atoms with Crippen molar-refractivity contribution in [3.05, 3.63) is 53.4 Å². The van der Waals surface area contributed by atoms with Crippen molar-refractivity contribution in [3.63, 3.8) is 0 Å². The Bertz CT molecular complexity index is 727. The molecule has 4 nitrogen and oxygen atoms in total. The van der Waals surface area contributed by atoms with E-state index in [0.717, 1.165) is 20.5 Å². The second-order valence-corrected chi connectivity index (χ2v) is 6.35. The minimum absolute atomic E-state index is 0.0240. The quantitative estimate of drug-likeness (QED) is 0.800. The van der Waals surface area contributed by atoms with Gasteiger partial charge in [-0.1, -0.05) is 0 Å². The standard InChI is InChI=1S/C16H17N3OS/c1-11(2)19-9-13-7-14(21-15(13)10-19)16(20)18-8-12-3-5-17-6-4-12/h3-7,9-11H,8H2,1-2H3,(H,18,20). The van der Waals surface area contributed by atoms with Gasteiger partial charge in [0.05, 0.1) is 9.58 Å². The largest absolute Gasteiger partial charge is 0.350 e. The lowest BCUT2D eigenvalue weighted by molar-refractivity contribution is 0.0955. The summed E-state index contributed by atoms with van der Waals surface area (Å²) in [4.78, 5) is 16.9. The van der Waals surface area contributed by atoms with Gasteiger partial charge >= 0.3 is 0 Å². The topological polar surface area (TPSA) is 46.9 Å². The summed E-state index contributed by atoms with van der Waals surface area (Å²) in [7, 11) is 0. The monoisotopic (exact) mass is 299 g/mol. The van der Waals surface area contributed by atoms with Crippen molar-refractivity contribution in [2.75, 3.05) is 0 Å². The normalized spacial score (nSPS) is 11.2. The third-order valence-corrected chi connectivity index (χ3v) is 4.45. The predicted molar refractivity (Wildman–Crippen MR) is 85.6 cm³/mol. The molecule has 0 aromatic carbocycles. The van der Waals surface area contributed by atoms with E-state index >= 15 is 0 Å². The van der Waals surface area contributed by atoms with E-state index in [1.54, 1.807) is 12.4 Å². The Morgan fingerprint density at radius 3 is 2.76 bits per heavy atom. The van der Waals surface area contributed by atoms with E-state index in [2.05, 4.69) is 41.1 Å². The second kappa shape index (κ2) is 5.69. The molecule has 3 aromatic rings. The Hall–Kier alpha value is -2.14. The summed E-state index contributed by atoms with van der Waals surface area (Å²) in [5.74, 6) is -0.0240. The average Bonchev–Trinajstić information content (AvgIpc) is 3.04. The van der Waals surface area contributed by atoms with Crippen LogP contribution in [-0.2, 0) is 6.54 Å². The fraction of sp³-hybridized carbons (Fsp3) is 0.250. The van der Waals surface area contributed by atoms with Crippen LogP contribution in [-0.4, -0.2) is 15.5 Å². The van der Waals surface area contributed by atoms with Crippen molar-refractivity contribution in [1.82, 2.24) is 14.9 Å². The van der Waals surface area contributed by atoms with Crippen LogP contribution in [0.25, 0.3) is 10.1 Å². The zero-order valence-electron chi connectivity index (χ0n) is 12.0. The molecule has 1 amide bonds. The van der Waals surface area contributed by atoms with Gasteiger partial charge in [0.2, 0.25) is 0 Å². The van der Waals surface area contributed by atoms with Gasteiger partial charge in [-0.3, -0.25) is 9.78 Å². The Morgan fingerprint density at radius 2 is 2.10 bits per heavy atom. The first-order valence-corrected chi connectivity index (χ1v) is 7.73. The maximum absolute atomic E-state index is 12.2. The van der Waals surface area contributed by atoms with Crippen LogP contribution in [0.3, 0.4) is 0 Å². The molecule has 0 saturated heterocycles. The molecule has 0 saturated carbocycles. The number of fused-ring (bicyclic) bond motifs is 1. The van der Waals surface area contributed by atoms with Gasteiger partial charge in [0.15, 0.2) is 0 Å². The lowest BCUT2D eigenvalue weighted by atomic mass is 10.2. The molecule has 0 aliphatic rings. The number of aromatic nitrogens is 2. The summed E-state index contributed by atoms with van der Waals surface area (Å²) in [5.41, 5.74) is 1.05. The highest BCUT2D eigenvalue weighted by atomic mass is 32.1. The Balaban J connectivity index is 1.71. The molecule has 0 atom stereocenters. The highest BCUT2D eigenvalue weighted by Gasteiger charge is 2.12. The van der Waals surface area contributed by atoms with E-state index in [4.69, 9.17) is 0 Å². The van der Waals surface area contributed by atoms with Crippen LogP contribution in [0.2, 0.25) is 0 Å². The molecule has 3 aromatic heterocycles. The van der Waals surface area contributed by atoms with Crippen molar-refractivity contribution >= 4 is 27.3 Å². The highest BCUT2D eigenvalue weighted by molar-refractivity contribution is 7.20. The minimum Gasteiger partial charge on any atom is -0.350 e. The molecule has 1 N–H and O–H groups in total. The average molecular weight is 299 g/mol. The van der Waals surface area contributed by atoms with Crippen LogP contribution in [0.1, 0.15) is 35.1 Å². The van der Waals surface area contributed by atoms with Gasteiger partial charge in [0, 0.05) is 42.8 Å². The van der Waals surface area contributed by atoms with E-state index in [1.807, 2.05) is 18.2 Å². The molecule has 0 fully saturated rings.